The van der Waals surface area contributed by atoms with Crippen LogP contribution in [0.15, 0.2) is 47.8 Å². The zero-order valence-electron chi connectivity index (χ0n) is 16.2. The highest BCUT2D eigenvalue weighted by Crippen LogP contribution is 2.36. The number of rotatable bonds is 7. The molecular formula is C22H23NO3S2. The number of esters is 1. The van der Waals surface area contributed by atoms with Crippen molar-refractivity contribution in [1.29, 1.82) is 0 Å². The molecule has 0 fully saturated rings. The Balaban J connectivity index is 1.90. The number of carbonyl (C=O) groups is 2. The molecule has 2 heterocycles. The fraction of sp³-hybridized carbons (Fsp3) is 0.273. The Morgan fingerprint density at radius 2 is 1.89 bits per heavy atom. The van der Waals surface area contributed by atoms with Crippen molar-refractivity contribution in [3.8, 4) is 0 Å². The minimum absolute atomic E-state index is 0.109. The lowest BCUT2D eigenvalue weighted by molar-refractivity contribution is 0.0528. The van der Waals surface area contributed by atoms with Crippen LogP contribution in [0.2, 0.25) is 0 Å². The lowest BCUT2D eigenvalue weighted by Gasteiger charge is -2.09. The highest BCUT2D eigenvalue weighted by Gasteiger charge is 2.22. The van der Waals surface area contributed by atoms with Gasteiger partial charge >= 0.3 is 5.97 Å². The first-order chi connectivity index (χ1) is 13.5. The van der Waals surface area contributed by atoms with E-state index in [1.807, 2.05) is 35.7 Å². The van der Waals surface area contributed by atoms with Crippen LogP contribution in [-0.4, -0.2) is 18.5 Å². The van der Waals surface area contributed by atoms with E-state index in [9.17, 15) is 9.59 Å². The summed E-state index contributed by atoms with van der Waals surface area (Å²) in [5.74, 6) is -0.514. The van der Waals surface area contributed by atoms with E-state index >= 15 is 0 Å². The zero-order valence-corrected chi connectivity index (χ0v) is 17.8. The quantitative estimate of drug-likeness (QED) is 0.487. The lowest BCUT2D eigenvalue weighted by Crippen LogP contribution is -2.13. The third kappa shape index (κ3) is 4.51. The van der Waals surface area contributed by atoms with Crippen LogP contribution >= 0.6 is 22.7 Å². The van der Waals surface area contributed by atoms with E-state index in [1.54, 1.807) is 18.3 Å². The fourth-order valence-electron chi connectivity index (χ4n) is 2.84. The molecule has 1 N–H and O–H groups in total. The standard InChI is InChI=1S/C22H23NO3S2/c1-4-17-11-16(13-27-17)20(24)23-21-18(22(25)26-5-2)12-19(28-21)14(3)15-9-7-6-8-10-15/h6-14H,4-5H2,1-3H3,(H,23,24)/t14-/m1/s1. The van der Waals surface area contributed by atoms with Crippen LogP contribution < -0.4 is 5.32 Å². The number of thiophene rings is 2. The van der Waals surface area contributed by atoms with Crippen LogP contribution in [0, 0.1) is 0 Å². The molecule has 0 aliphatic rings. The molecule has 2 aromatic heterocycles. The molecule has 0 unspecified atom stereocenters. The van der Waals surface area contributed by atoms with Crippen LogP contribution in [-0.2, 0) is 11.2 Å². The molecule has 0 radical (unpaired) electrons. The van der Waals surface area contributed by atoms with Crippen molar-refractivity contribution < 1.29 is 14.3 Å². The van der Waals surface area contributed by atoms with Crippen molar-refractivity contribution in [2.45, 2.75) is 33.1 Å². The third-order valence-electron chi connectivity index (χ3n) is 4.46. The number of ether oxygens (including phenoxy) is 1. The molecule has 0 spiro atoms. The fourth-order valence-corrected chi connectivity index (χ4v) is 4.78. The van der Waals surface area contributed by atoms with Crippen molar-refractivity contribution >= 4 is 39.6 Å². The first kappa shape index (κ1) is 20.3. The van der Waals surface area contributed by atoms with Gasteiger partial charge in [-0.25, -0.2) is 4.79 Å². The zero-order chi connectivity index (χ0) is 20.1. The third-order valence-corrected chi connectivity index (χ3v) is 6.78. The van der Waals surface area contributed by atoms with Crippen molar-refractivity contribution in [2.75, 3.05) is 11.9 Å². The predicted molar refractivity (Wildman–Crippen MR) is 116 cm³/mol. The largest absolute Gasteiger partial charge is 0.462 e. The molecule has 1 atom stereocenters. The van der Waals surface area contributed by atoms with Gasteiger partial charge < -0.3 is 10.1 Å². The topological polar surface area (TPSA) is 55.4 Å². The van der Waals surface area contributed by atoms with Crippen LogP contribution in [0.1, 0.15) is 62.7 Å². The van der Waals surface area contributed by atoms with Gasteiger partial charge in [0, 0.05) is 21.1 Å². The summed E-state index contributed by atoms with van der Waals surface area (Å²) >= 11 is 2.99. The van der Waals surface area contributed by atoms with Gasteiger partial charge in [-0.3, -0.25) is 4.79 Å². The summed E-state index contributed by atoms with van der Waals surface area (Å²) in [6, 6.07) is 13.8. The van der Waals surface area contributed by atoms with Gasteiger partial charge in [-0.05, 0) is 31.0 Å². The van der Waals surface area contributed by atoms with Crippen LogP contribution in [0.5, 0.6) is 0 Å². The minimum atomic E-state index is -0.417. The smallest absolute Gasteiger partial charge is 0.341 e. The van der Waals surface area contributed by atoms with E-state index in [-0.39, 0.29) is 18.4 Å². The maximum atomic E-state index is 12.7. The van der Waals surface area contributed by atoms with Crippen LogP contribution in [0.3, 0.4) is 0 Å². The maximum absolute atomic E-state index is 12.7. The second-order valence-corrected chi connectivity index (χ2v) is 8.43. The molecule has 3 aromatic rings. The Labute approximate surface area is 173 Å². The van der Waals surface area contributed by atoms with Gasteiger partial charge in [0.15, 0.2) is 0 Å². The van der Waals surface area contributed by atoms with Gasteiger partial charge in [-0.15, -0.1) is 22.7 Å². The summed E-state index contributed by atoms with van der Waals surface area (Å²) in [4.78, 5) is 27.3. The average molecular weight is 414 g/mol. The number of anilines is 1. The van der Waals surface area contributed by atoms with Gasteiger partial charge in [0.2, 0.25) is 0 Å². The number of hydrogen-bond donors (Lipinski definition) is 1. The van der Waals surface area contributed by atoms with Gasteiger partial charge in [0.25, 0.3) is 5.91 Å². The number of hydrogen-bond acceptors (Lipinski definition) is 5. The van der Waals surface area contributed by atoms with E-state index in [0.29, 0.717) is 16.1 Å². The molecule has 3 rings (SSSR count). The summed E-state index contributed by atoms with van der Waals surface area (Å²) in [6.45, 7) is 6.21. The number of nitrogens with one attached hydrogen (secondary N) is 1. The second kappa shape index (κ2) is 9.17. The van der Waals surface area contributed by atoms with Crippen molar-refractivity contribution in [3.05, 3.63) is 74.3 Å². The van der Waals surface area contributed by atoms with Crippen molar-refractivity contribution in [3.63, 3.8) is 0 Å². The lowest BCUT2D eigenvalue weighted by atomic mass is 9.99. The summed E-state index contributed by atoms with van der Waals surface area (Å²) in [5.41, 5.74) is 2.18. The highest BCUT2D eigenvalue weighted by molar-refractivity contribution is 7.16. The summed E-state index contributed by atoms with van der Waals surface area (Å²) < 4.78 is 5.19. The van der Waals surface area contributed by atoms with E-state index in [1.165, 1.54) is 11.3 Å². The number of aryl methyl sites for hydroxylation is 1. The molecule has 0 saturated carbocycles. The van der Waals surface area contributed by atoms with E-state index in [4.69, 9.17) is 4.74 Å². The molecular weight excluding hydrogens is 390 g/mol. The Hall–Kier alpha value is -2.44. The maximum Gasteiger partial charge on any atom is 0.341 e. The summed E-state index contributed by atoms with van der Waals surface area (Å²) in [5, 5.41) is 5.30. The highest BCUT2D eigenvalue weighted by atomic mass is 32.1. The van der Waals surface area contributed by atoms with Gasteiger partial charge in [0.05, 0.1) is 17.7 Å². The molecule has 0 saturated heterocycles. The van der Waals surface area contributed by atoms with Crippen molar-refractivity contribution in [2.24, 2.45) is 0 Å². The van der Waals surface area contributed by atoms with Gasteiger partial charge in [0.1, 0.15) is 5.00 Å². The van der Waals surface area contributed by atoms with Gasteiger partial charge in [-0.2, -0.15) is 0 Å². The molecule has 1 amide bonds. The van der Waals surface area contributed by atoms with Crippen LogP contribution in [0.4, 0.5) is 5.00 Å². The first-order valence-electron chi connectivity index (χ1n) is 9.28. The Bertz CT molecular complexity index is 959. The van der Waals surface area contributed by atoms with E-state index in [0.717, 1.165) is 21.7 Å². The summed E-state index contributed by atoms with van der Waals surface area (Å²) in [7, 11) is 0. The molecule has 6 heteroatoms. The summed E-state index contributed by atoms with van der Waals surface area (Å²) in [6.07, 6.45) is 0.893. The monoisotopic (exact) mass is 413 g/mol. The van der Waals surface area contributed by atoms with E-state index in [2.05, 4.69) is 31.3 Å². The Kier molecular flexibility index (Phi) is 6.65. The van der Waals surface area contributed by atoms with Crippen LogP contribution in [0.25, 0.3) is 0 Å². The molecule has 0 aliphatic heterocycles. The van der Waals surface area contributed by atoms with E-state index < -0.39 is 5.97 Å². The Morgan fingerprint density at radius 1 is 1.14 bits per heavy atom. The predicted octanol–water partition coefficient (Wildman–Crippen LogP) is 5.95. The molecule has 0 aliphatic carbocycles. The second-order valence-electron chi connectivity index (χ2n) is 6.35. The molecule has 0 bridgehead atoms. The normalized spacial score (nSPS) is 11.8. The average Bonchev–Trinajstić information content (AvgIpc) is 3.35. The molecule has 146 valence electrons. The number of carbonyl (C=O) groups excluding carboxylic acids is 2. The van der Waals surface area contributed by atoms with Crippen molar-refractivity contribution in [1.82, 2.24) is 0 Å². The SMILES string of the molecule is CCOC(=O)c1cc([C@H](C)c2ccccc2)sc1NC(=O)c1csc(CC)c1. The molecule has 4 nitrogen and oxygen atoms in total. The number of amides is 1. The number of benzene rings is 1. The Morgan fingerprint density at radius 3 is 2.54 bits per heavy atom. The molecule has 1 aromatic carbocycles. The molecule has 28 heavy (non-hydrogen) atoms. The first-order valence-corrected chi connectivity index (χ1v) is 11.0. The minimum Gasteiger partial charge on any atom is -0.462 e. The van der Waals surface area contributed by atoms with Gasteiger partial charge in [-0.1, -0.05) is 44.2 Å².